The summed E-state index contributed by atoms with van der Waals surface area (Å²) in [6.45, 7) is 1.97. The van der Waals surface area contributed by atoms with Gasteiger partial charge in [-0.15, -0.1) is 0 Å². The third-order valence-electron chi connectivity index (χ3n) is 3.87. The molecular weight excluding hydrogens is 345 g/mol. The van der Waals surface area contributed by atoms with E-state index in [-0.39, 0.29) is 18.3 Å². The van der Waals surface area contributed by atoms with Gasteiger partial charge in [0.05, 0.1) is 17.7 Å². The van der Waals surface area contributed by atoms with E-state index in [9.17, 15) is 13.2 Å². The first-order valence-corrected chi connectivity index (χ1v) is 7.93. The lowest BCUT2D eigenvalue weighted by Crippen LogP contribution is -2.06. The van der Waals surface area contributed by atoms with E-state index in [0.29, 0.717) is 22.5 Å². The van der Waals surface area contributed by atoms with E-state index in [1.165, 1.54) is 6.07 Å². The van der Waals surface area contributed by atoms with Crippen LogP contribution in [0, 0.1) is 0 Å². The number of anilines is 2. The van der Waals surface area contributed by atoms with Crippen LogP contribution in [-0.4, -0.2) is 23.6 Å². The summed E-state index contributed by atoms with van der Waals surface area (Å²) >= 11 is 0. The molecule has 1 aromatic heterocycles. The van der Waals surface area contributed by atoms with Crippen molar-refractivity contribution >= 4 is 22.7 Å². The first-order valence-electron chi connectivity index (χ1n) is 7.93. The van der Waals surface area contributed by atoms with Gasteiger partial charge in [0.25, 0.3) is 0 Å². The standard InChI is InChI=1S/C18H17F3N4O/c1-3-26-15-9-11(18(19,20)21)5-7-12(15)10-4-6-13-14(8-10)24-17(22)25-16(13)23-2/h4-9H,3H2,1-2H3,(H3,22,23,24,25). The van der Waals surface area contributed by atoms with E-state index in [0.717, 1.165) is 17.5 Å². The third kappa shape index (κ3) is 3.35. The molecule has 0 radical (unpaired) electrons. The van der Waals surface area contributed by atoms with Gasteiger partial charge >= 0.3 is 6.18 Å². The molecule has 1 heterocycles. The second-order valence-corrected chi connectivity index (χ2v) is 5.55. The highest BCUT2D eigenvalue weighted by atomic mass is 19.4. The van der Waals surface area contributed by atoms with E-state index in [1.807, 2.05) is 0 Å². The smallest absolute Gasteiger partial charge is 0.416 e. The van der Waals surface area contributed by atoms with Crippen molar-refractivity contribution in [1.29, 1.82) is 0 Å². The summed E-state index contributed by atoms with van der Waals surface area (Å²) in [6.07, 6.45) is -4.43. The lowest BCUT2D eigenvalue weighted by atomic mass is 10.0. The normalized spacial score (nSPS) is 11.6. The topological polar surface area (TPSA) is 73.1 Å². The molecule has 0 fully saturated rings. The minimum absolute atomic E-state index is 0.108. The van der Waals surface area contributed by atoms with Crippen molar-refractivity contribution in [3.05, 3.63) is 42.0 Å². The predicted octanol–water partition coefficient (Wildman–Crippen LogP) is 4.34. The van der Waals surface area contributed by atoms with Crippen molar-refractivity contribution in [3.8, 4) is 16.9 Å². The zero-order chi connectivity index (χ0) is 18.9. The molecule has 5 nitrogen and oxygen atoms in total. The predicted molar refractivity (Wildman–Crippen MR) is 95.1 cm³/mol. The number of nitrogens with one attached hydrogen (secondary N) is 1. The molecule has 0 saturated carbocycles. The van der Waals surface area contributed by atoms with Crippen LogP contribution in [0.1, 0.15) is 12.5 Å². The Bertz CT molecular complexity index is 957. The molecule has 0 saturated heterocycles. The number of hydrogen-bond donors (Lipinski definition) is 2. The summed E-state index contributed by atoms with van der Waals surface area (Å²) in [4.78, 5) is 8.32. The van der Waals surface area contributed by atoms with Crippen molar-refractivity contribution in [2.75, 3.05) is 24.7 Å². The van der Waals surface area contributed by atoms with Crippen LogP contribution < -0.4 is 15.8 Å². The van der Waals surface area contributed by atoms with Gasteiger partial charge in [0, 0.05) is 18.0 Å². The molecule has 0 aliphatic heterocycles. The molecule has 0 amide bonds. The highest BCUT2D eigenvalue weighted by molar-refractivity contribution is 5.93. The number of aromatic nitrogens is 2. The molecule has 8 heteroatoms. The van der Waals surface area contributed by atoms with Crippen LogP contribution in [-0.2, 0) is 6.18 Å². The molecule has 0 atom stereocenters. The number of alkyl halides is 3. The van der Waals surface area contributed by atoms with Crippen molar-refractivity contribution in [3.63, 3.8) is 0 Å². The number of rotatable bonds is 4. The summed E-state index contributed by atoms with van der Waals surface area (Å²) in [6, 6.07) is 8.78. The Balaban J connectivity index is 2.16. The molecule has 0 aliphatic rings. The lowest BCUT2D eigenvalue weighted by molar-refractivity contribution is -0.137. The SMILES string of the molecule is CCOc1cc(C(F)(F)F)ccc1-c1ccc2c(NC)nc(N)nc2c1. The number of ether oxygens (including phenoxy) is 1. The fourth-order valence-corrected chi connectivity index (χ4v) is 2.72. The Labute approximate surface area is 148 Å². The average molecular weight is 362 g/mol. The van der Waals surface area contributed by atoms with Gasteiger partial charge in [-0.25, -0.2) is 4.98 Å². The molecule has 0 aliphatic carbocycles. The Kier molecular flexibility index (Phi) is 4.58. The summed E-state index contributed by atoms with van der Waals surface area (Å²) in [5, 5.41) is 3.70. The Hall–Kier alpha value is -3.03. The minimum Gasteiger partial charge on any atom is -0.493 e. The number of benzene rings is 2. The van der Waals surface area contributed by atoms with E-state index in [1.54, 1.807) is 32.2 Å². The highest BCUT2D eigenvalue weighted by Crippen LogP contribution is 2.38. The highest BCUT2D eigenvalue weighted by Gasteiger charge is 2.31. The summed E-state index contributed by atoms with van der Waals surface area (Å²) in [7, 11) is 1.72. The van der Waals surface area contributed by atoms with Crippen LogP contribution in [0.25, 0.3) is 22.0 Å². The van der Waals surface area contributed by atoms with Crippen LogP contribution in [0.2, 0.25) is 0 Å². The average Bonchev–Trinajstić information content (AvgIpc) is 2.59. The molecule has 0 spiro atoms. The Morgan fingerprint density at radius 3 is 2.54 bits per heavy atom. The number of fused-ring (bicyclic) bond motifs is 1. The monoisotopic (exact) mass is 362 g/mol. The van der Waals surface area contributed by atoms with Crippen LogP contribution in [0.5, 0.6) is 5.75 Å². The molecule has 0 unspecified atom stereocenters. The van der Waals surface area contributed by atoms with Gasteiger partial charge in [0.2, 0.25) is 5.95 Å². The minimum atomic E-state index is -4.43. The Morgan fingerprint density at radius 1 is 1.12 bits per heavy atom. The maximum atomic E-state index is 13.0. The summed E-state index contributed by atoms with van der Waals surface area (Å²) < 4.78 is 44.4. The third-order valence-corrected chi connectivity index (χ3v) is 3.87. The first-order chi connectivity index (χ1) is 12.3. The number of nitrogen functional groups attached to an aromatic ring is 1. The second kappa shape index (κ2) is 6.70. The maximum Gasteiger partial charge on any atom is 0.416 e. The van der Waals surface area contributed by atoms with Gasteiger partial charge < -0.3 is 15.8 Å². The molecule has 3 N–H and O–H groups in total. The van der Waals surface area contributed by atoms with E-state index in [4.69, 9.17) is 10.5 Å². The fourth-order valence-electron chi connectivity index (χ4n) is 2.72. The van der Waals surface area contributed by atoms with Gasteiger partial charge in [-0.1, -0.05) is 12.1 Å². The van der Waals surface area contributed by atoms with Crippen LogP contribution >= 0.6 is 0 Å². The Morgan fingerprint density at radius 2 is 1.88 bits per heavy atom. The number of halogens is 3. The van der Waals surface area contributed by atoms with E-state index < -0.39 is 11.7 Å². The number of hydrogen-bond acceptors (Lipinski definition) is 5. The van der Waals surface area contributed by atoms with E-state index >= 15 is 0 Å². The first kappa shape index (κ1) is 17.8. The molecule has 3 aromatic rings. The summed E-state index contributed by atoms with van der Waals surface area (Å²) in [5.41, 5.74) is 6.77. The quantitative estimate of drug-likeness (QED) is 0.722. The van der Waals surface area contributed by atoms with Crippen molar-refractivity contribution in [1.82, 2.24) is 9.97 Å². The van der Waals surface area contributed by atoms with Crippen molar-refractivity contribution in [2.24, 2.45) is 0 Å². The fraction of sp³-hybridized carbons (Fsp3) is 0.222. The lowest BCUT2D eigenvalue weighted by Gasteiger charge is -2.15. The van der Waals surface area contributed by atoms with Crippen LogP contribution in [0.15, 0.2) is 36.4 Å². The maximum absolute atomic E-state index is 13.0. The molecule has 2 aromatic carbocycles. The zero-order valence-electron chi connectivity index (χ0n) is 14.2. The van der Waals surface area contributed by atoms with Gasteiger partial charge in [-0.3, -0.25) is 0 Å². The molecular formula is C18H17F3N4O. The van der Waals surface area contributed by atoms with Gasteiger partial charge in [-0.05, 0) is 36.8 Å². The number of nitrogens with zero attached hydrogens (tertiary/aromatic N) is 2. The molecule has 0 bridgehead atoms. The van der Waals surface area contributed by atoms with E-state index in [2.05, 4.69) is 15.3 Å². The molecule has 3 rings (SSSR count). The summed E-state index contributed by atoms with van der Waals surface area (Å²) in [5.74, 6) is 0.852. The van der Waals surface area contributed by atoms with Gasteiger partial charge in [0.15, 0.2) is 0 Å². The number of nitrogens with two attached hydrogens (primary N) is 1. The second-order valence-electron chi connectivity index (χ2n) is 5.55. The van der Waals surface area contributed by atoms with Crippen molar-refractivity contribution < 1.29 is 17.9 Å². The van der Waals surface area contributed by atoms with Crippen molar-refractivity contribution in [2.45, 2.75) is 13.1 Å². The molecule has 136 valence electrons. The van der Waals surface area contributed by atoms with Crippen LogP contribution in [0.4, 0.5) is 24.9 Å². The largest absolute Gasteiger partial charge is 0.493 e. The zero-order valence-corrected chi connectivity index (χ0v) is 14.2. The molecule has 26 heavy (non-hydrogen) atoms. The van der Waals surface area contributed by atoms with Crippen LogP contribution in [0.3, 0.4) is 0 Å². The van der Waals surface area contributed by atoms with Gasteiger partial charge in [-0.2, -0.15) is 18.2 Å². The van der Waals surface area contributed by atoms with Gasteiger partial charge in [0.1, 0.15) is 11.6 Å².